The molecular formula is C28H46O2. The first kappa shape index (κ1) is 22.5. The molecule has 0 unspecified atom stereocenters. The Bertz CT molecular complexity index is 680. The average Bonchev–Trinajstić information content (AvgIpc) is 3.02. The van der Waals surface area contributed by atoms with Gasteiger partial charge in [-0.2, -0.15) is 0 Å². The highest BCUT2D eigenvalue weighted by molar-refractivity contribution is 5.85. The number of fused-ring (bicyclic) bond motifs is 5. The van der Waals surface area contributed by atoms with E-state index in [1.807, 2.05) is 0 Å². The molecule has 4 aliphatic carbocycles. The quantitative estimate of drug-likeness (QED) is 0.480. The van der Waals surface area contributed by atoms with Crippen molar-refractivity contribution in [1.29, 1.82) is 0 Å². The normalized spacial score (nSPS) is 45.6. The van der Waals surface area contributed by atoms with Gasteiger partial charge >= 0.3 is 0 Å². The van der Waals surface area contributed by atoms with Crippen molar-refractivity contribution in [1.82, 2.24) is 0 Å². The van der Waals surface area contributed by atoms with E-state index in [9.17, 15) is 9.59 Å². The second kappa shape index (κ2) is 8.04. The molecule has 9 atom stereocenters. The minimum Gasteiger partial charge on any atom is -0.300 e. The molecule has 0 aliphatic heterocycles. The summed E-state index contributed by atoms with van der Waals surface area (Å²) in [5, 5.41) is 0. The lowest BCUT2D eigenvalue weighted by molar-refractivity contribution is -0.161. The molecule has 4 saturated carbocycles. The standard InChI is InChI=1S/C28H46O2/c1-17(2)18(3)7-8-19(4)23-11-12-24-22-10-9-20-15-21(29)13-14-27(20,5)26(22)25(30)16-28(23,24)6/h17-20,22-24,26H,7-16H2,1-6H3/t18-,19+,20-,22-,23-,24+,26-,27-,28+/m0/s1. The number of carbonyl (C=O) groups excluding carboxylic acids is 2. The highest BCUT2D eigenvalue weighted by atomic mass is 16.1. The van der Waals surface area contributed by atoms with Gasteiger partial charge < -0.3 is 0 Å². The van der Waals surface area contributed by atoms with Crippen LogP contribution in [-0.4, -0.2) is 11.6 Å². The Kier molecular flexibility index (Phi) is 6.04. The molecule has 4 aliphatic rings. The smallest absolute Gasteiger partial charge is 0.137 e. The van der Waals surface area contributed by atoms with E-state index >= 15 is 0 Å². The van der Waals surface area contributed by atoms with E-state index in [4.69, 9.17) is 0 Å². The Morgan fingerprint density at radius 3 is 2.37 bits per heavy atom. The van der Waals surface area contributed by atoms with Crippen LogP contribution in [-0.2, 0) is 9.59 Å². The molecule has 2 nitrogen and oxygen atoms in total. The van der Waals surface area contributed by atoms with Crippen molar-refractivity contribution in [2.75, 3.05) is 0 Å². The maximum Gasteiger partial charge on any atom is 0.137 e. The molecule has 0 heterocycles. The molecule has 4 rings (SSSR count). The van der Waals surface area contributed by atoms with Gasteiger partial charge in [0.2, 0.25) is 0 Å². The maximum atomic E-state index is 13.8. The van der Waals surface area contributed by atoms with Gasteiger partial charge in [0.1, 0.15) is 11.6 Å². The first-order valence-electron chi connectivity index (χ1n) is 13.1. The molecule has 0 spiro atoms. The van der Waals surface area contributed by atoms with Crippen LogP contribution < -0.4 is 0 Å². The van der Waals surface area contributed by atoms with E-state index in [0.717, 1.165) is 42.9 Å². The summed E-state index contributed by atoms with van der Waals surface area (Å²) < 4.78 is 0. The zero-order chi connectivity index (χ0) is 21.8. The zero-order valence-electron chi connectivity index (χ0n) is 20.5. The number of hydrogen-bond acceptors (Lipinski definition) is 2. The molecule has 0 bridgehead atoms. The summed E-state index contributed by atoms with van der Waals surface area (Å²) in [4.78, 5) is 25.9. The number of ketones is 2. The first-order valence-corrected chi connectivity index (χ1v) is 13.1. The van der Waals surface area contributed by atoms with Crippen LogP contribution in [0.25, 0.3) is 0 Å². The average molecular weight is 415 g/mol. The summed E-state index contributed by atoms with van der Waals surface area (Å²) in [5.74, 6) is 6.00. The van der Waals surface area contributed by atoms with Gasteiger partial charge in [0.05, 0.1) is 0 Å². The molecule has 0 aromatic rings. The minimum atomic E-state index is 0.0889. The number of rotatable bonds is 5. The zero-order valence-corrected chi connectivity index (χ0v) is 20.5. The van der Waals surface area contributed by atoms with Gasteiger partial charge in [0, 0.05) is 25.2 Å². The third-order valence-corrected chi connectivity index (χ3v) is 11.1. The Morgan fingerprint density at radius 1 is 0.933 bits per heavy atom. The van der Waals surface area contributed by atoms with E-state index in [1.165, 1.54) is 38.5 Å². The fourth-order valence-electron chi connectivity index (χ4n) is 8.89. The molecule has 0 aromatic heterocycles. The summed E-state index contributed by atoms with van der Waals surface area (Å²) in [7, 11) is 0. The molecular weight excluding hydrogens is 368 g/mol. The molecule has 2 heteroatoms. The Balaban J connectivity index is 1.52. The van der Waals surface area contributed by atoms with Crippen LogP contribution in [0.3, 0.4) is 0 Å². The second-order valence-corrected chi connectivity index (χ2v) is 12.9. The number of carbonyl (C=O) groups is 2. The summed E-state index contributed by atoms with van der Waals surface area (Å²) >= 11 is 0. The van der Waals surface area contributed by atoms with Crippen LogP contribution in [0.15, 0.2) is 0 Å². The first-order chi connectivity index (χ1) is 14.1. The summed E-state index contributed by atoms with van der Waals surface area (Å²) in [6, 6.07) is 0. The van der Waals surface area contributed by atoms with E-state index < -0.39 is 0 Å². The molecule has 0 aromatic carbocycles. The summed E-state index contributed by atoms with van der Waals surface area (Å²) in [5.41, 5.74) is 0.304. The van der Waals surface area contributed by atoms with Crippen molar-refractivity contribution < 1.29 is 9.59 Å². The highest BCUT2D eigenvalue weighted by Gasteiger charge is 2.63. The van der Waals surface area contributed by atoms with E-state index in [2.05, 4.69) is 41.5 Å². The lowest BCUT2D eigenvalue weighted by atomic mass is 9.44. The number of Topliss-reactive ketones (excluding diaryl/α,β-unsaturated/α-hetero) is 2. The van der Waals surface area contributed by atoms with Crippen LogP contribution >= 0.6 is 0 Å². The maximum absolute atomic E-state index is 13.8. The van der Waals surface area contributed by atoms with Gasteiger partial charge in [-0.3, -0.25) is 9.59 Å². The van der Waals surface area contributed by atoms with E-state index in [-0.39, 0.29) is 16.7 Å². The van der Waals surface area contributed by atoms with E-state index in [0.29, 0.717) is 35.7 Å². The van der Waals surface area contributed by atoms with Crippen LogP contribution in [0.1, 0.15) is 106 Å². The van der Waals surface area contributed by atoms with Gasteiger partial charge in [0.15, 0.2) is 0 Å². The molecule has 30 heavy (non-hydrogen) atoms. The largest absolute Gasteiger partial charge is 0.300 e. The molecule has 4 fully saturated rings. The SMILES string of the molecule is CC(C)[C@@H](C)CC[C@@H](C)[C@@H]1CC[C@@H]2[C@@H]3CC[C@H]4CC(=O)CC[C@]4(C)[C@@H]3C(=O)C[C@@]21C. The fourth-order valence-corrected chi connectivity index (χ4v) is 8.89. The molecule has 0 N–H and O–H groups in total. The molecule has 0 saturated heterocycles. The minimum absolute atomic E-state index is 0.0889. The summed E-state index contributed by atoms with van der Waals surface area (Å²) in [6.45, 7) is 14.4. The van der Waals surface area contributed by atoms with Crippen molar-refractivity contribution in [2.24, 2.45) is 58.2 Å². The lowest BCUT2D eigenvalue weighted by Gasteiger charge is -2.59. The van der Waals surface area contributed by atoms with Crippen molar-refractivity contribution in [3.63, 3.8) is 0 Å². The molecule has 170 valence electrons. The van der Waals surface area contributed by atoms with E-state index in [1.54, 1.807) is 0 Å². The van der Waals surface area contributed by atoms with Gasteiger partial charge in [-0.05, 0) is 84.4 Å². The van der Waals surface area contributed by atoms with Gasteiger partial charge in [-0.25, -0.2) is 0 Å². The van der Waals surface area contributed by atoms with Crippen molar-refractivity contribution in [2.45, 2.75) is 106 Å². The van der Waals surface area contributed by atoms with Crippen LogP contribution in [0.5, 0.6) is 0 Å². The molecule has 0 radical (unpaired) electrons. The van der Waals surface area contributed by atoms with Crippen molar-refractivity contribution in [3.05, 3.63) is 0 Å². The Hall–Kier alpha value is -0.660. The topological polar surface area (TPSA) is 34.1 Å². The van der Waals surface area contributed by atoms with Gasteiger partial charge in [-0.1, -0.05) is 54.4 Å². The Labute approximate surface area is 185 Å². The van der Waals surface area contributed by atoms with Crippen LogP contribution in [0, 0.1) is 58.2 Å². The lowest BCUT2D eigenvalue weighted by Crippen LogP contribution is -2.57. The van der Waals surface area contributed by atoms with Crippen molar-refractivity contribution >= 4 is 11.6 Å². The third-order valence-electron chi connectivity index (χ3n) is 11.1. The monoisotopic (exact) mass is 414 g/mol. The highest BCUT2D eigenvalue weighted by Crippen LogP contribution is 2.67. The predicted molar refractivity (Wildman–Crippen MR) is 123 cm³/mol. The van der Waals surface area contributed by atoms with Crippen molar-refractivity contribution in [3.8, 4) is 0 Å². The molecule has 0 amide bonds. The van der Waals surface area contributed by atoms with Gasteiger partial charge in [-0.15, -0.1) is 0 Å². The van der Waals surface area contributed by atoms with Crippen LogP contribution in [0.4, 0.5) is 0 Å². The third kappa shape index (κ3) is 3.53. The second-order valence-electron chi connectivity index (χ2n) is 12.9. The van der Waals surface area contributed by atoms with Gasteiger partial charge in [0.25, 0.3) is 0 Å². The predicted octanol–water partition coefficient (Wildman–Crippen LogP) is 7.10. The van der Waals surface area contributed by atoms with Crippen LogP contribution in [0.2, 0.25) is 0 Å². The Morgan fingerprint density at radius 2 is 1.67 bits per heavy atom. The number of hydrogen-bond donors (Lipinski definition) is 0. The summed E-state index contributed by atoms with van der Waals surface area (Å²) in [6.07, 6.45) is 10.9. The fraction of sp³-hybridized carbons (Fsp3) is 0.929.